The van der Waals surface area contributed by atoms with E-state index in [-0.39, 0.29) is 19.0 Å². The van der Waals surface area contributed by atoms with Gasteiger partial charge >= 0.3 is 5.97 Å². The molecule has 0 aromatic rings. The lowest BCUT2D eigenvalue weighted by molar-refractivity contribution is -0.136. The van der Waals surface area contributed by atoms with E-state index in [0.717, 1.165) is 19.4 Å². The number of hydrogen-bond acceptors (Lipinski definition) is 3. The minimum absolute atomic E-state index is 0.0641. The maximum atomic E-state index is 12.2. The molecular weight excluding hydrogens is 218 g/mol. The smallest absolute Gasteiger partial charge is 0.317 e. The molecule has 4 nitrogen and oxygen atoms in total. The molecule has 1 heterocycles. The quantitative estimate of drug-likeness (QED) is 0.710. The monoisotopic (exact) mass is 236 g/mol. The minimum Gasteiger partial charge on any atom is -0.480 e. The summed E-state index contributed by atoms with van der Waals surface area (Å²) in [5, 5.41) is 11.3. The normalized spacial score (nSPS) is 22.6. The minimum atomic E-state index is -2.29. The van der Waals surface area contributed by atoms with Gasteiger partial charge in [0.15, 0.2) is 0 Å². The number of carbonyl (C=O) groups is 1. The third-order valence-electron chi connectivity index (χ3n) is 2.71. The highest BCUT2D eigenvalue weighted by Gasteiger charge is 2.21. The molecule has 1 saturated heterocycles. The van der Waals surface area contributed by atoms with Crippen LogP contribution in [0.3, 0.4) is 0 Å². The number of aliphatic carboxylic acids is 1. The summed E-state index contributed by atoms with van der Waals surface area (Å²) < 4.78 is 24.3. The summed E-state index contributed by atoms with van der Waals surface area (Å²) in [6.07, 6.45) is -0.399. The van der Waals surface area contributed by atoms with Crippen molar-refractivity contribution in [1.29, 1.82) is 0 Å². The maximum Gasteiger partial charge on any atom is 0.317 e. The summed E-state index contributed by atoms with van der Waals surface area (Å²) in [5.74, 6) is -0.605. The van der Waals surface area contributed by atoms with E-state index >= 15 is 0 Å². The number of halogens is 2. The van der Waals surface area contributed by atoms with Crippen molar-refractivity contribution in [3.05, 3.63) is 0 Å². The molecule has 16 heavy (non-hydrogen) atoms. The van der Waals surface area contributed by atoms with Crippen LogP contribution in [-0.4, -0.2) is 55.1 Å². The highest BCUT2D eigenvalue weighted by atomic mass is 19.3. The summed E-state index contributed by atoms with van der Waals surface area (Å²) in [5.41, 5.74) is 0. The molecular formula is C10H18F2N2O2. The van der Waals surface area contributed by atoms with Gasteiger partial charge < -0.3 is 10.4 Å². The van der Waals surface area contributed by atoms with Crippen molar-refractivity contribution in [3.63, 3.8) is 0 Å². The molecule has 1 aliphatic heterocycles. The number of nitrogens with one attached hydrogen (secondary N) is 1. The predicted octanol–water partition coefficient (Wildman–Crippen LogP) is 0.638. The Kier molecular flexibility index (Phi) is 5.62. The van der Waals surface area contributed by atoms with E-state index in [1.165, 1.54) is 0 Å². The van der Waals surface area contributed by atoms with Gasteiger partial charge in [-0.15, -0.1) is 0 Å². The van der Waals surface area contributed by atoms with Gasteiger partial charge in [-0.1, -0.05) is 0 Å². The van der Waals surface area contributed by atoms with Crippen LogP contribution in [-0.2, 0) is 4.79 Å². The molecule has 1 aliphatic rings. The van der Waals surface area contributed by atoms with Gasteiger partial charge in [-0.2, -0.15) is 0 Å². The maximum absolute atomic E-state index is 12.2. The molecule has 2 N–H and O–H groups in total. The zero-order valence-electron chi connectivity index (χ0n) is 9.16. The Bertz CT molecular complexity index is 227. The van der Waals surface area contributed by atoms with Crippen molar-refractivity contribution in [3.8, 4) is 0 Å². The fraction of sp³-hybridized carbons (Fsp3) is 0.900. The number of piperidine rings is 1. The second-order valence-electron chi connectivity index (χ2n) is 4.18. The van der Waals surface area contributed by atoms with Crippen LogP contribution in [0.5, 0.6) is 0 Å². The summed E-state index contributed by atoms with van der Waals surface area (Å²) in [6, 6.07) is 0. The first-order valence-electron chi connectivity index (χ1n) is 5.51. The van der Waals surface area contributed by atoms with Gasteiger partial charge in [-0.3, -0.25) is 9.69 Å². The molecule has 0 aliphatic carbocycles. The highest BCUT2D eigenvalue weighted by molar-refractivity contribution is 5.68. The van der Waals surface area contributed by atoms with E-state index in [4.69, 9.17) is 5.11 Å². The molecule has 0 radical (unpaired) electrons. The van der Waals surface area contributed by atoms with Crippen LogP contribution in [0.1, 0.15) is 12.8 Å². The van der Waals surface area contributed by atoms with Crippen LogP contribution in [0.15, 0.2) is 0 Å². The Balaban J connectivity index is 2.19. The molecule has 0 saturated carbocycles. The topological polar surface area (TPSA) is 52.6 Å². The van der Waals surface area contributed by atoms with E-state index < -0.39 is 12.4 Å². The van der Waals surface area contributed by atoms with Gasteiger partial charge in [0, 0.05) is 6.54 Å². The third-order valence-corrected chi connectivity index (χ3v) is 2.71. The third kappa shape index (κ3) is 5.37. The molecule has 1 unspecified atom stereocenters. The second-order valence-corrected chi connectivity index (χ2v) is 4.18. The fourth-order valence-electron chi connectivity index (χ4n) is 2.06. The van der Waals surface area contributed by atoms with Crippen molar-refractivity contribution in [2.24, 2.45) is 5.92 Å². The number of alkyl halides is 2. The van der Waals surface area contributed by atoms with Crippen molar-refractivity contribution >= 4 is 5.97 Å². The summed E-state index contributed by atoms with van der Waals surface area (Å²) in [7, 11) is 0. The number of rotatable bonds is 6. The van der Waals surface area contributed by atoms with Gasteiger partial charge in [0.2, 0.25) is 0 Å². The van der Waals surface area contributed by atoms with Crippen molar-refractivity contribution in [2.75, 3.05) is 32.7 Å². The molecule has 1 atom stereocenters. The van der Waals surface area contributed by atoms with E-state index in [1.807, 2.05) is 0 Å². The second kappa shape index (κ2) is 6.75. The van der Waals surface area contributed by atoms with Gasteiger partial charge in [0.1, 0.15) is 0 Å². The van der Waals surface area contributed by atoms with Crippen LogP contribution < -0.4 is 5.32 Å². The average Bonchev–Trinajstić information content (AvgIpc) is 2.16. The molecule has 0 amide bonds. The van der Waals surface area contributed by atoms with Crippen LogP contribution in [0.4, 0.5) is 8.78 Å². The van der Waals surface area contributed by atoms with Crippen molar-refractivity contribution in [2.45, 2.75) is 19.3 Å². The Morgan fingerprint density at radius 2 is 2.31 bits per heavy atom. The number of likely N-dealkylation sites (tertiary alicyclic amines) is 1. The Hall–Kier alpha value is -0.750. The van der Waals surface area contributed by atoms with Crippen LogP contribution in [0.2, 0.25) is 0 Å². The van der Waals surface area contributed by atoms with Crippen molar-refractivity contribution < 1.29 is 18.7 Å². The van der Waals surface area contributed by atoms with Crippen LogP contribution in [0.25, 0.3) is 0 Å². The SMILES string of the molecule is O=C(O)CNCC1CCCN(CC(F)F)C1. The first kappa shape index (κ1) is 13.3. The van der Waals surface area contributed by atoms with Crippen LogP contribution >= 0.6 is 0 Å². The molecule has 0 aromatic carbocycles. The molecule has 0 spiro atoms. The lowest BCUT2D eigenvalue weighted by atomic mass is 9.98. The Morgan fingerprint density at radius 3 is 2.94 bits per heavy atom. The van der Waals surface area contributed by atoms with E-state index in [0.29, 0.717) is 13.1 Å². The summed E-state index contributed by atoms with van der Waals surface area (Å²) in [6.45, 7) is 1.71. The van der Waals surface area contributed by atoms with Crippen LogP contribution in [0, 0.1) is 5.92 Å². The van der Waals surface area contributed by atoms with E-state index in [2.05, 4.69) is 5.32 Å². The zero-order chi connectivity index (χ0) is 12.0. The predicted molar refractivity (Wildman–Crippen MR) is 55.7 cm³/mol. The number of carboxylic acid groups (broad SMARTS) is 1. The molecule has 0 aromatic heterocycles. The first-order valence-corrected chi connectivity index (χ1v) is 5.51. The largest absolute Gasteiger partial charge is 0.480 e. The Morgan fingerprint density at radius 1 is 1.56 bits per heavy atom. The lowest BCUT2D eigenvalue weighted by Gasteiger charge is -2.32. The molecule has 0 bridgehead atoms. The molecule has 1 rings (SSSR count). The zero-order valence-corrected chi connectivity index (χ0v) is 9.16. The van der Waals surface area contributed by atoms with Gasteiger partial charge in [-0.05, 0) is 31.8 Å². The van der Waals surface area contributed by atoms with Crippen molar-refractivity contribution in [1.82, 2.24) is 10.2 Å². The number of hydrogen-bond donors (Lipinski definition) is 2. The molecule has 6 heteroatoms. The molecule has 1 fully saturated rings. The summed E-state index contributed by atoms with van der Waals surface area (Å²) >= 11 is 0. The fourth-order valence-corrected chi connectivity index (χ4v) is 2.06. The van der Waals surface area contributed by atoms with E-state index in [1.54, 1.807) is 4.90 Å². The van der Waals surface area contributed by atoms with Gasteiger partial charge in [0.25, 0.3) is 6.43 Å². The summed E-state index contributed by atoms with van der Waals surface area (Å²) in [4.78, 5) is 12.0. The number of nitrogens with zero attached hydrogens (tertiary/aromatic N) is 1. The standard InChI is InChI=1S/C10H18F2N2O2/c11-9(12)7-14-3-1-2-8(6-14)4-13-5-10(15)16/h8-9,13H,1-7H2,(H,15,16). The molecule has 94 valence electrons. The number of carboxylic acids is 1. The van der Waals surface area contributed by atoms with Gasteiger partial charge in [-0.25, -0.2) is 8.78 Å². The Labute approximate surface area is 93.6 Å². The first-order chi connectivity index (χ1) is 7.58. The lowest BCUT2D eigenvalue weighted by Crippen LogP contribution is -2.42. The van der Waals surface area contributed by atoms with E-state index in [9.17, 15) is 13.6 Å². The highest BCUT2D eigenvalue weighted by Crippen LogP contribution is 2.16. The van der Waals surface area contributed by atoms with Gasteiger partial charge in [0.05, 0.1) is 13.1 Å². The average molecular weight is 236 g/mol.